The molecular formula is C50H39N. The minimum atomic E-state index is -0.0468. The highest BCUT2D eigenvalue weighted by Crippen LogP contribution is 2.55. The van der Waals surface area contributed by atoms with Gasteiger partial charge in [0, 0.05) is 16.6 Å². The minimum Gasteiger partial charge on any atom is -0.309 e. The molecule has 1 aliphatic carbocycles. The third-order valence-corrected chi connectivity index (χ3v) is 12.4. The third-order valence-electron chi connectivity index (χ3n) is 12.4. The van der Waals surface area contributed by atoms with Gasteiger partial charge in [-0.25, -0.2) is 0 Å². The first-order chi connectivity index (χ1) is 24.9. The van der Waals surface area contributed by atoms with E-state index in [-0.39, 0.29) is 10.8 Å². The molecule has 0 aliphatic heterocycles. The maximum Gasteiger partial charge on any atom is 0.0546 e. The van der Waals surface area contributed by atoms with Crippen LogP contribution in [-0.4, -0.2) is 0 Å². The average molecular weight is 654 g/mol. The fourth-order valence-corrected chi connectivity index (χ4v) is 9.18. The second-order valence-electron chi connectivity index (χ2n) is 15.3. The summed E-state index contributed by atoms with van der Waals surface area (Å²) in [7, 11) is 0. The Labute approximate surface area is 299 Å². The molecule has 1 heteroatoms. The first-order valence-corrected chi connectivity index (χ1v) is 18.1. The fourth-order valence-electron chi connectivity index (χ4n) is 9.18. The Hall–Kier alpha value is -5.92. The quantitative estimate of drug-likeness (QED) is 0.171. The van der Waals surface area contributed by atoms with Crippen molar-refractivity contribution in [2.75, 3.05) is 4.90 Å². The molecule has 0 saturated heterocycles. The predicted molar refractivity (Wildman–Crippen MR) is 220 cm³/mol. The molecule has 1 nitrogen and oxygen atoms in total. The van der Waals surface area contributed by atoms with Gasteiger partial charge in [0.15, 0.2) is 0 Å². The normalized spacial score (nSPS) is 14.6. The first-order valence-electron chi connectivity index (χ1n) is 18.1. The number of hydrogen-bond donors (Lipinski definition) is 0. The van der Waals surface area contributed by atoms with Gasteiger partial charge in [0.1, 0.15) is 0 Å². The van der Waals surface area contributed by atoms with Crippen molar-refractivity contribution in [3.8, 4) is 11.1 Å². The van der Waals surface area contributed by atoms with Gasteiger partial charge >= 0.3 is 0 Å². The molecule has 244 valence electrons. The van der Waals surface area contributed by atoms with E-state index in [2.05, 4.69) is 196 Å². The van der Waals surface area contributed by atoms with Gasteiger partial charge in [-0.1, -0.05) is 167 Å². The van der Waals surface area contributed by atoms with Crippen molar-refractivity contribution in [2.24, 2.45) is 0 Å². The summed E-state index contributed by atoms with van der Waals surface area (Å²) in [5, 5.41) is 13.1. The third kappa shape index (κ3) is 4.09. The summed E-state index contributed by atoms with van der Waals surface area (Å²) in [6, 6.07) is 60.8. The summed E-state index contributed by atoms with van der Waals surface area (Å²) in [6.45, 7) is 9.69. The summed E-state index contributed by atoms with van der Waals surface area (Å²) >= 11 is 0. The molecule has 0 N–H and O–H groups in total. The van der Waals surface area contributed by atoms with Gasteiger partial charge in [-0.2, -0.15) is 0 Å². The zero-order chi connectivity index (χ0) is 34.5. The monoisotopic (exact) mass is 653 g/mol. The first kappa shape index (κ1) is 29.9. The largest absolute Gasteiger partial charge is 0.309 e. The second kappa shape index (κ2) is 10.8. The van der Waals surface area contributed by atoms with Crippen LogP contribution in [0.15, 0.2) is 164 Å². The number of fused-ring (bicyclic) bond motifs is 6. The zero-order valence-corrected chi connectivity index (χ0v) is 29.5. The number of para-hydroxylation sites is 2. The van der Waals surface area contributed by atoms with Crippen molar-refractivity contribution >= 4 is 70.9 Å². The molecular weight excluding hydrogens is 615 g/mol. The minimum absolute atomic E-state index is 0.0152. The van der Waals surface area contributed by atoms with E-state index in [9.17, 15) is 0 Å². The Balaban J connectivity index is 1.31. The van der Waals surface area contributed by atoms with E-state index < -0.39 is 0 Å². The maximum atomic E-state index is 2.49. The number of rotatable bonds is 4. The molecule has 0 unspecified atom stereocenters. The van der Waals surface area contributed by atoms with Crippen molar-refractivity contribution in [3.63, 3.8) is 0 Å². The van der Waals surface area contributed by atoms with Crippen LogP contribution in [0.5, 0.6) is 0 Å². The maximum absolute atomic E-state index is 2.49. The van der Waals surface area contributed by atoms with Crippen LogP contribution in [0.2, 0.25) is 0 Å². The topological polar surface area (TPSA) is 3.24 Å². The smallest absolute Gasteiger partial charge is 0.0546 e. The van der Waals surface area contributed by atoms with Gasteiger partial charge in [-0.3, -0.25) is 0 Å². The standard InChI is InChI=1S/C50H39N/c1-49(2)42-25-14-16-32-28-29-41-37(30-31-43(50(49,3)4)48(41)46(32)42)38-22-12-13-26-44(38)51(33-17-6-5-7-18-33)45-27-15-24-40-36-20-9-8-19-34(36)35-21-10-11-23-39(35)47(40)45/h5-31H,1-4H3. The van der Waals surface area contributed by atoms with Crippen LogP contribution in [0.3, 0.4) is 0 Å². The molecule has 0 aromatic heterocycles. The van der Waals surface area contributed by atoms with Crippen LogP contribution in [0, 0.1) is 0 Å². The van der Waals surface area contributed by atoms with Crippen molar-refractivity contribution in [3.05, 3.63) is 175 Å². The molecule has 0 radical (unpaired) electrons. The summed E-state index contributed by atoms with van der Waals surface area (Å²) < 4.78 is 0. The molecule has 0 bridgehead atoms. The summed E-state index contributed by atoms with van der Waals surface area (Å²) in [5.74, 6) is 0. The highest BCUT2D eigenvalue weighted by Gasteiger charge is 2.45. The van der Waals surface area contributed by atoms with E-state index in [1.165, 1.54) is 81.8 Å². The molecule has 10 rings (SSSR count). The Morgan fingerprint density at radius 3 is 1.61 bits per heavy atom. The van der Waals surface area contributed by atoms with Crippen molar-refractivity contribution < 1.29 is 0 Å². The molecule has 0 heterocycles. The summed E-state index contributed by atoms with van der Waals surface area (Å²) in [5.41, 5.74) is 8.75. The van der Waals surface area contributed by atoms with Crippen molar-refractivity contribution in [1.29, 1.82) is 0 Å². The number of nitrogens with zero attached hydrogens (tertiary/aromatic N) is 1. The SMILES string of the molecule is CC1(C)c2cccc3ccc4c(-c5ccccc5N(c5ccccc5)c5cccc6c7ccccc7c7ccccc7c56)ccc(c4c23)C1(C)C. The Bertz CT molecular complexity index is 2810. The molecule has 9 aromatic carbocycles. The van der Waals surface area contributed by atoms with E-state index in [1.54, 1.807) is 0 Å². The predicted octanol–water partition coefficient (Wildman–Crippen LogP) is 14.2. The Morgan fingerprint density at radius 1 is 0.333 bits per heavy atom. The molecule has 0 amide bonds. The number of anilines is 3. The van der Waals surface area contributed by atoms with Crippen molar-refractivity contribution in [1.82, 2.24) is 0 Å². The average Bonchev–Trinajstić information content (AvgIpc) is 3.17. The molecule has 0 saturated carbocycles. The highest BCUT2D eigenvalue weighted by molar-refractivity contribution is 6.29. The lowest BCUT2D eigenvalue weighted by Crippen LogP contribution is -2.42. The van der Waals surface area contributed by atoms with Crippen LogP contribution in [0.4, 0.5) is 17.1 Å². The lowest BCUT2D eigenvalue weighted by molar-refractivity contribution is 0.304. The van der Waals surface area contributed by atoms with Crippen LogP contribution >= 0.6 is 0 Å². The Morgan fingerprint density at radius 2 is 0.882 bits per heavy atom. The van der Waals surface area contributed by atoms with E-state index in [0.717, 1.165) is 11.4 Å². The van der Waals surface area contributed by atoms with Crippen LogP contribution in [-0.2, 0) is 10.8 Å². The number of hydrogen-bond acceptors (Lipinski definition) is 1. The van der Waals surface area contributed by atoms with Gasteiger partial charge in [-0.05, 0) is 100 Å². The number of benzene rings is 9. The molecule has 0 spiro atoms. The van der Waals surface area contributed by atoms with E-state index in [0.29, 0.717) is 0 Å². The van der Waals surface area contributed by atoms with Gasteiger partial charge < -0.3 is 4.90 Å². The lowest BCUT2D eigenvalue weighted by atomic mass is 9.56. The van der Waals surface area contributed by atoms with Crippen LogP contribution in [0.25, 0.3) is 65.0 Å². The van der Waals surface area contributed by atoms with Gasteiger partial charge in [0.25, 0.3) is 0 Å². The van der Waals surface area contributed by atoms with Crippen LogP contribution in [0.1, 0.15) is 38.8 Å². The van der Waals surface area contributed by atoms with Gasteiger partial charge in [0.05, 0.1) is 11.4 Å². The second-order valence-corrected chi connectivity index (χ2v) is 15.3. The molecule has 1 aliphatic rings. The lowest BCUT2D eigenvalue weighted by Gasteiger charge is -2.47. The molecule has 0 atom stereocenters. The molecule has 51 heavy (non-hydrogen) atoms. The Kier molecular flexibility index (Phi) is 6.34. The van der Waals surface area contributed by atoms with Gasteiger partial charge in [0.2, 0.25) is 0 Å². The fraction of sp³-hybridized carbons (Fsp3) is 0.120. The molecule has 9 aromatic rings. The van der Waals surface area contributed by atoms with Gasteiger partial charge in [-0.15, -0.1) is 0 Å². The van der Waals surface area contributed by atoms with E-state index in [1.807, 2.05) is 0 Å². The summed E-state index contributed by atoms with van der Waals surface area (Å²) in [6.07, 6.45) is 0. The zero-order valence-electron chi connectivity index (χ0n) is 29.5. The highest BCUT2D eigenvalue weighted by atomic mass is 15.1. The summed E-state index contributed by atoms with van der Waals surface area (Å²) in [4.78, 5) is 2.49. The van der Waals surface area contributed by atoms with E-state index >= 15 is 0 Å². The van der Waals surface area contributed by atoms with Crippen molar-refractivity contribution in [2.45, 2.75) is 38.5 Å². The molecule has 0 fully saturated rings. The van der Waals surface area contributed by atoms with Crippen LogP contribution < -0.4 is 4.90 Å². The van der Waals surface area contributed by atoms with E-state index in [4.69, 9.17) is 0 Å².